The molecule has 0 aliphatic rings. The van der Waals surface area contributed by atoms with E-state index in [2.05, 4.69) is 20.2 Å². The number of benzene rings is 1. The molecule has 2 N–H and O–H groups in total. The summed E-state index contributed by atoms with van der Waals surface area (Å²) < 4.78 is 3.71. The molecule has 104 valence electrons. The van der Waals surface area contributed by atoms with Crippen LogP contribution in [0.2, 0.25) is 0 Å². The highest BCUT2D eigenvalue weighted by atomic mass is 32.1. The number of nitrogens with zero attached hydrogens (tertiary/aromatic N) is 2. The zero-order valence-corrected chi connectivity index (χ0v) is 12.0. The average molecular weight is 290 g/mol. The Labute approximate surface area is 120 Å². The maximum absolute atomic E-state index is 11.9. The molecule has 0 spiro atoms. The first-order valence-electron chi connectivity index (χ1n) is 6.00. The second-order valence-corrected chi connectivity index (χ2v) is 5.05. The SMILES string of the molecule is CNC(=O)c1nnsc1CC(=O)Nc1ccc(C)cc1. The van der Waals surface area contributed by atoms with Crippen LogP contribution in [0.25, 0.3) is 0 Å². The van der Waals surface area contributed by atoms with Crippen LogP contribution in [0, 0.1) is 6.92 Å². The first-order chi connectivity index (χ1) is 9.60. The molecule has 0 radical (unpaired) electrons. The average Bonchev–Trinajstić information content (AvgIpc) is 2.88. The monoisotopic (exact) mass is 290 g/mol. The van der Waals surface area contributed by atoms with Crippen molar-refractivity contribution in [1.29, 1.82) is 0 Å². The van der Waals surface area contributed by atoms with E-state index >= 15 is 0 Å². The lowest BCUT2D eigenvalue weighted by atomic mass is 10.2. The van der Waals surface area contributed by atoms with Crippen LogP contribution in [0.3, 0.4) is 0 Å². The number of hydrogen-bond acceptors (Lipinski definition) is 5. The summed E-state index contributed by atoms with van der Waals surface area (Å²) in [6.07, 6.45) is 0.0777. The van der Waals surface area contributed by atoms with Gasteiger partial charge in [0.1, 0.15) is 0 Å². The van der Waals surface area contributed by atoms with E-state index in [1.54, 1.807) is 0 Å². The van der Waals surface area contributed by atoms with Crippen molar-refractivity contribution in [1.82, 2.24) is 14.9 Å². The van der Waals surface area contributed by atoms with Crippen molar-refractivity contribution >= 4 is 29.0 Å². The molecule has 0 fully saturated rings. The van der Waals surface area contributed by atoms with Crippen LogP contribution in [0.5, 0.6) is 0 Å². The summed E-state index contributed by atoms with van der Waals surface area (Å²) in [5.74, 6) is -0.540. The molecule has 0 unspecified atom stereocenters. The minimum absolute atomic E-state index is 0.0777. The number of amides is 2. The van der Waals surface area contributed by atoms with Crippen LogP contribution in [0.1, 0.15) is 20.9 Å². The molecule has 1 aromatic heterocycles. The molecular formula is C13H14N4O2S. The van der Waals surface area contributed by atoms with Gasteiger partial charge < -0.3 is 10.6 Å². The van der Waals surface area contributed by atoms with Crippen molar-refractivity contribution in [2.45, 2.75) is 13.3 Å². The van der Waals surface area contributed by atoms with E-state index in [0.29, 0.717) is 4.88 Å². The topological polar surface area (TPSA) is 84.0 Å². The van der Waals surface area contributed by atoms with E-state index in [-0.39, 0.29) is 23.9 Å². The van der Waals surface area contributed by atoms with E-state index in [1.165, 1.54) is 7.05 Å². The molecule has 2 aromatic rings. The molecule has 7 heteroatoms. The van der Waals surface area contributed by atoms with Gasteiger partial charge in [-0.05, 0) is 30.6 Å². The molecule has 6 nitrogen and oxygen atoms in total. The highest BCUT2D eigenvalue weighted by Crippen LogP contribution is 2.13. The van der Waals surface area contributed by atoms with Gasteiger partial charge in [0.25, 0.3) is 5.91 Å². The van der Waals surface area contributed by atoms with Gasteiger partial charge in [0.2, 0.25) is 5.91 Å². The third kappa shape index (κ3) is 3.39. The van der Waals surface area contributed by atoms with E-state index in [9.17, 15) is 9.59 Å². The van der Waals surface area contributed by atoms with Gasteiger partial charge >= 0.3 is 0 Å². The van der Waals surface area contributed by atoms with Crippen molar-refractivity contribution in [2.75, 3.05) is 12.4 Å². The van der Waals surface area contributed by atoms with Gasteiger partial charge in [-0.25, -0.2) is 0 Å². The van der Waals surface area contributed by atoms with Crippen LogP contribution in [-0.4, -0.2) is 28.4 Å². The number of anilines is 1. The maximum Gasteiger partial charge on any atom is 0.272 e. The second kappa shape index (κ2) is 6.25. The molecular weight excluding hydrogens is 276 g/mol. The molecule has 0 aliphatic heterocycles. The maximum atomic E-state index is 11.9. The fourth-order valence-electron chi connectivity index (χ4n) is 1.60. The molecule has 1 aromatic carbocycles. The van der Waals surface area contributed by atoms with E-state index in [4.69, 9.17) is 0 Å². The Hall–Kier alpha value is -2.28. The van der Waals surface area contributed by atoms with Gasteiger partial charge in [-0.3, -0.25) is 9.59 Å². The minimum atomic E-state index is -0.336. The lowest BCUT2D eigenvalue weighted by molar-refractivity contribution is -0.115. The zero-order valence-electron chi connectivity index (χ0n) is 11.1. The zero-order chi connectivity index (χ0) is 14.5. The van der Waals surface area contributed by atoms with E-state index in [1.807, 2.05) is 31.2 Å². The Kier molecular flexibility index (Phi) is 4.41. The number of carbonyl (C=O) groups excluding carboxylic acids is 2. The number of rotatable bonds is 4. The predicted molar refractivity (Wildman–Crippen MR) is 76.8 cm³/mol. The minimum Gasteiger partial charge on any atom is -0.354 e. The predicted octanol–water partition coefficient (Wildman–Crippen LogP) is 1.39. The van der Waals surface area contributed by atoms with Gasteiger partial charge in [0, 0.05) is 12.7 Å². The fraction of sp³-hybridized carbons (Fsp3) is 0.231. The standard InChI is InChI=1S/C13H14N4O2S/c1-8-3-5-9(6-4-8)15-11(18)7-10-12(13(19)14-2)16-17-20-10/h3-6H,7H2,1-2H3,(H,14,19)(H,15,18). The first kappa shape index (κ1) is 14.1. The Morgan fingerprint density at radius 3 is 2.60 bits per heavy atom. The van der Waals surface area contributed by atoms with Crippen LogP contribution in [0.15, 0.2) is 24.3 Å². The van der Waals surface area contributed by atoms with Gasteiger partial charge in [-0.1, -0.05) is 22.2 Å². The largest absolute Gasteiger partial charge is 0.354 e. The lowest BCUT2D eigenvalue weighted by Crippen LogP contribution is -2.21. The molecule has 0 saturated heterocycles. The normalized spacial score (nSPS) is 10.1. The third-order valence-corrected chi connectivity index (χ3v) is 3.38. The van der Waals surface area contributed by atoms with Crippen LogP contribution in [-0.2, 0) is 11.2 Å². The molecule has 0 bridgehead atoms. The number of aromatic nitrogens is 2. The van der Waals surface area contributed by atoms with Gasteiger partial charge in [-0.2, -0.15) is 0 Å². The summed E-state index contributed by atoms with van der Waals surface area (Å²) in [4.78, 5) is 24.0. The Balaban J connectivity index is 2.03. The van der Waals surface area contributed by atoms with Crippen molar-refractivity contribution in [3.05, 3.63) is 40.4 Å². The molecule has 0 aliphatic carbocycles. The second-order valence-electron chi connectivity index (χ2n) is 4.21. The quantitative estimate of drug-likeness (QED) is 0.891. The highest BCUT2D eigenvalue weighted by Gasteiger charge is 2.17. The number of carbonyl (C=O) groups is 2. The van der Waals surface area contributed by atoms with Gasteiger partial charge in [0.15, 0.2) is 5.69 Å². The number of aryl methyl sites for hydroxylation is 1. The molecule has 2 rings (SSSR count). The summed E-state index contributed by atoms with van der Waals surface area (Å²) >= 11 is 1.05. The van der Waals surface area contributed by atoms with Gasteiger partial charge in [-0.15, -0.1) is 5.10 Å². The van der Waals surface area contributed by atoms with E-state index < -0.39 is 0 Å². The summed E-state index contributed by atoms with van der Waals surface area (Å²) in [6.45, 7) is 1.98. The number of nitrogens with one attached hydrogen (secondary N) is 2. The molecule has 1 heterocycles. The smallest absolute Gasteiger partial charge is 0.272 e. The Morgan fingerprint density at radius 1 is 1.25 bits per heavy atom. The van der Waals surface area contributed by atoms with Crippen molar-refractivity contribution in [3.8, 4) is 0 Å². The summed E-state index contributed by atoms with van der Waals surface area (Å²) in [5, 5.41) is 8.98. The highest BCUT2D eigenvalue weighted by molar-refractivity contribution is 7.06. The summed E-state index contributed by atoms with van der Waals surface area (Å²) in [6, 6.07) is 7.50. The fourth-order valence-corrected chi connectivity index (χ4v) is 2.24. The molecule has 0 saturated carbocycles. The summed E-state index contributed by atoms with van der Waals surface area (Å²) in [7, 11) is 1.51. The van der Waals surface area contributed by atoms with Crippen LogP contribution < -0.4 is 10.6 Å². The summed E-state index contributed by atoms with van der Waals surface area (Å²) in [5.41, 5.74) is 2.05. The van der Waals surface area contributed by atoms with E-state index in [0.717, 1.165) is 22.8 Å². The first-order valence-corrected chi connectivity index (χ1v) is 6.77. The van der Waals surface area contributed by atoms with Crippen LogP contribution in [0.4, 0.5) is 5.69 Å². The lowest BCUT2D eigenvalue weighted by Gasteiger charge is -2.05. The van der Waals surface area contributed by atoms with Crippen molar-refractivity contribution < 1.29 is 9.59 Å². The Morgan fingerprint density at radius 2 is 1.95 bits per heavy atom. The van der Waals surface area contributed by atoms with Gasteiger partial charge in [0.05, 0.1) is 11.3 Å². The van der Waals surface area contributed by atoms with Crippen molar-refractivity contribution in [2.24, 2.45) is 0 Å². The van der Waals surface area contributed by atoms with Crippen molar-refractivity contribution in [3.63, 3.8) is 0 Å². The van der Waals surface area contributed by atoms with Crippen LogP contribution >= 0.6 is 11.5 Å². The molecule has 0 atom stereocenters. The number of hydrogen-bond donors (Lipinski definition) is 2. The Bertz CT molecular complexity index is 622. The molecule has 2 amide bonds. The third-order valence-electron chi connectivity index (χ3n) is 2.65. The molecule has 20 heavy (non-hydrogen) atoms.